The van der Waals surface area contributed by atoms with Gasteiger partial charge in [-0.15, -0.1) is 0 Å². The minimum atomic E-state index is 0.0481. The molecule has 3 heterocycles. The van der Waals surface area contributed by atoms with Crippen LogP contribution in [0, 0.1) is 6.92 Å². The van der Waals surface area contributed by atoms with Crippen molar-refractivity contribution in [2.24, 2.45) is 5.73 Å². The largest absolute Gasteiger partial charge is 0.459 e. The van der Waals surface area contributed by atoms with Crippen LogP contribution in [0.1, 0.15) is 41.8 Å². The first kappa shape index (κ1) is 10.8. The molecule has 92 valence electrons. The molecule has 2 aliphatic rings. The Morgan fingerprint density at radius 1 is 1.41 bits per heavy atom. The van der Waals surface area contributed by atoms with E-state index in [2.05, 4.69) is 0 Å². The quantitative estimate of drug-likeness (QED) is 0.804. The summed E-state index contributed by atoms with van der Waals surface area (Å²) in [6.45, 7) is 1.91. The fourth-order valence-corrected chi connectivity index (χ4v) is 3.26. The molecule has 0 radical (unpaired) electrons. The summed E-state index contributed by atoms with van der Waals surface area (Å²) in [6, 6.07) is 2.74. The summed E-state index contributed by atoms with van der Waals surface area (Å²) >= 11 is 0. The van der Waals surface area contributed by atoms with Crippen molar-refractivity contribution in [3.8, 4) is 0 Å². The Balaban J connectivity index is 1.86. The molecule has 4 nitrogen and oxygen atoms in total. The Bertz CT molecular complexity index is 426. The van der Waals surface area contributed by atoms with Gasteiger partial charge in [0.25, 0.3) is 5.91 Å². The minimum Gasteiger partial charge on any atom is -0.459 e. The van der Waals surface area contributed by atoms with Gasteiger partial charge in [-0.25, -0.2) is 0 Å². The lowest BCUT2D eigenvalue weighted by atomic mass is 9.97. The van der Waals surface area contributed by atoms with Gasteiger partial charge in [0, 0.05) is 23.7 Å². The number of aryl methyl sites for hydroxylation is 1. The van der Waals surface area contributed by atoms with Crippen molar-refractivity contribution < 1.29 is 9.21 Å². The molecule has 4 heteroatoms. The number of hydrogen-bond donors (Lipinski definition) is 1. The van der Waals surface area contributed by atoms with Crippen LogP contribution < -0.4 is 5.73 Å². The van der Waals surface area contributed by atoms with Gasteiger partial charge in [-0.2, -0.15) is 0 Å². The monoisotopic (exact) mass is 234 g/mol. The molecule has 0 aromatic carbocycles. The van der Waals surface area contributed by atoms with Crippen LogP contribution in [-0.4, -0.2) is 28.9 Å². The third kappa shape index (κ3) is 1.67. The number of amides is 1. The summed E-state index contributed by atoms with van der Waals surface area (Å²) in [4.78, 5) is 14.4. The van der Waals surface area contributed by atoms with Gasteiger partial charge < -0.3 is 15.1 Å². The summed E-state index contributed by atoms with van der Waals surface area (Å²) in [5.74, 6) is 0.546. The summed E-state index contributed by atoms with van der Waals surface area (Å²) < 4.78 is 5.31. The summed E-state index contributed by atoms with van der Waals surface area (Å²) in [5.41, 5.74) is 6.93. The maximum Gasteiger partial charge on any atom is 0.290 e. The van der Waals surface area contributed by atoms with E-state index in [4.69, 9.17) is 10.2 Å². The lowest BCUT2D eigenvalue weighted by Crippen LogP contribution is -2.50. The predicted molar refractivity (Wildman–Crippen MR) is 63.6 cm³/mol. The van der Waals surface area contributed by atoms with Gasteiger partial charge in [-0.3, -0.25) is 4.79 Å². The predicted octanol–water partition coefficient (Wildman–Crippen LogP) is 1.68. The zero-order chi connectivity index (χ0) is 12.0. The van der Waals surface area contributed by atoms with Crippen molar-refractivity contribution in [3.05, 3.63) is 23.7 Å². The first-order valence-corrected chi connectivity index (χ1v) is 6.29. The molecule has 0 saturated carbocycles. The van der Waals surface area contributed by atoms with Crippen molar-refractivity contribution in [3.63, 3.8) is 0 Å². The first-order chi connectivity index (χ1) is 8.16. The maximum absolute atomic E-state index is 12.4. The van der Waals surface area contributed by atoms with Gasteiger partial charge in [0.1, 0.15) is 0 Å². The molecule has 0 spiro atoms. The van der Waals surface area contributed by atoms with E-state index in [1.807, 2.05) is 17.9 Å². The molecule has 1 aromatic rings. The van der Waals surface area contributed by atoms with Crippen LogP contribution in [0.15, 0.2) is 16.7 Å². The maximum atomic E-state index is 12.4. The van der Waals surface area contributed by atoms with Gasteiger partial charge >= 0.3 is 0 Å². The smallest absolute Gasteiger partial charge is 0.290 e. The fraction of sp³-hybridized carbons (Fsp3) is 0.615. The number of furan rings is 1. The highest BCUT2D eigenvalue weighted by molar-refractivity contribution is 5.93. The second kappa shape index (κ2) is 3.88. The van der Waals surface area contributed by atoms with E-state index in [-0.39, 0.29) is 11.9 Å². The third-order valence-electron chi connectivity index (χ3n) is 4.06. The molecule has 2 fully saturated rings. The molecule has 2 atom stereocenters. The molecule has 17 heavy (non-hydrogen) atoms. The normalized spacial score (nSPS) is 31.9. The average Bonchev–Trinajstić information content (AvgIpc) is 2.81. The van der Waals surface area contributed by atoms with Crippen LogP contribution in [-0.2, 0) is 0 Å². The highest BCUT2D eigenvalue weighted by Gasteiger charge is 2.43. The molecule has 1 amide bonds. The Morgan fingerprint density at radius 2 is 2.06 bits per heavy atom. The first-order valence-electron chi connectivity index (χ1n) is 6.29. The van der Waals surface area contributed by atoms with Gasteiger partial charge in [0.15, 0.2) is 5.76 Å². The van der Waals surface area contributed by atoms with Crippen molar-refractivity contribution in [2.45, 2.75) is 50.7 Å². The van der Waals surface area contributed by atoms with Gasteiger partial charge in [0.2, 0.25) is 0 Å². The van der Waals surface area contributed by atoms with Crippen LogP contribution in [0.4, 0.5) is 0 Å². The summed E-state index contributed by atoms with van der Waals surface area (Å²) in [6.07, 6.45) is 5.62. The lowest BCUT2D eigenvalue weighted by molar-refractivity contribution is 0.0541. The van der Waals surface area contributed by atoms with E-state index in [0.717, 1.165) is 31.2 Å². The average molecular weight is 234 g/mol. The standard InChI is InChI=1S/C13H18N2O2/c1-8-4-5-17-12(8)13(16)15-10-2-3-11(15)7-9(14)6-10/h4-5,9-11H,2-3,6-7,14H2,1H3. The molecule has 2 saturated heterocycles. The Labute approximate surface area is 101 Å². The number of piperidine rings is 1. The number of carbonyl (C=O) groups excluding carboxylic acids is 1. The zero-order valence-corrected chi connectivity index (χ0v) is 10.1. The van der Waals surface area contributed by atoms with E-state index < -0.39 is 0 Å². The molecular weight excluding hydrogens is 216 g/mol. The second-order valence-electron chi connectivity index (χ2n) is 5.26. The van der Waals surface area contributed by atoms with Crippen LogP contribution in [0.5, 0.6) is 0 Å². The van der Waals surface area contributed by atoms with E-state index in [1.54, 1.807) is 6.26 Å². The molecule has 2 aliphatic heterocycles. The van der Waals surface area contributed by atoms with Crippen molar-refractivity contribution in [1.29, 1.82) is 0 Å². The molecule has 0 aliphatic carbocycles. The van der Waals surface area contributed by atoms with Gasteiger partial charge in [-0.1, -0.05) is 0 Å². The number of hydrogen-bond acceptors (Lipinski definition) is 3. The number of rotatable bonds is 1. The highest BCUT2D eigenvalue weighted by Crippen LogP contribution is 2.36. The number of fused-ring (bicyclic) bond motifs is 2. The fourth-order valence-electron chi connectivity index (χ4n) is 3.26. The van der Waals surface area contributed by atoms with Crippen molar-refractivity contribution >= 4 is 5.91 Å². The molecule has 2 unspecified atom stereocenters. The Kier molecular flexibility index (Phi) is 2.47. The summed E-state index contributed by atoms with van der Waals surface area (Å²) in [7, 11) is 0. The summed E-state index contributed by atoms with van der Waals surface area (Å²) in [5, 5.41) is 0. The molecule has 2 N–H and O–H groups in total. The SMILES string of the molecule is Cc1ccoc1C(=O)N1C2CCC1CC(N)C2. The third-order valence-corrected chi connectivity index (χ3v) is 4.06. The minimum absolute atomic E-state index is 0.0481. The Morgan fingerprint density at radius 3 is 2.59 bits per heavy atom. The van der Waals surface area contributed by atoms with Crippen LogP contribution in [0.3, 0.4) is 0 Å². The van der Waals surface area contributed by atoms with Crippen LogP contribution in [0.25, 0.3) is 0 Å². The molecular formula is C13H18N2O2. The van der Waals surface area contributed by atoms with E-state index in [9.17, 15) is 4.79 Å². The van der Waals surface area contributed by atoms with Gasteiger partial charge in [0.05, 0.1) is 6.26 Å². The highest BCUT2D eigenvalue weighted by atomic mass is 16.3. The van der Waals surface area contributed by atoms with Crippen LogP contribution >= 0.6 is 0 Å². The number of carbonyl (C=O) groups is 1. The molecule has 2 bridgehead atoms. The van der Waals surface area contributed by atoms with E-state index >= 15 is 0 Å². The zero-order valence-electron chi connectivity index (χ0n) is 10.1. The van der Waals surface area contributed by atoms with E-state index in [0.29, 0.717) is 17.8 Å². The number of nitrogens with zero attached hydrogens (tertiary/aromatic N) is 1. The van der Waals surface area contributed by atoms with Crippen molar-refractivity contribution in [1.82, 2.24) is 4.90 Å². The van der Waals surface area contributed by atoms with Crippen LogP contribution in [0.2, 0.25) is 0 Å². The Hall–Kier alpha value is -1.29. The van der Waals surface area contributed by atoms with Gasteiger partial charge in [-0.05, 0) is 38.7 Å². The molecule has 3 rings (SSSR count). The lowest BCUT2D eigenvalue weighted by Gasteiger charge is -2.37. The van der Waals surface area contributed by atoms with E-state index in [1.165, 1.54) is 0 Å². The topological polar surface area (TPSA) is 59.5 Å². The molecule has 1 aromatic heterocycles. The number of nitrogens with two attached hydrogens (primary N) is 1. The second-order valence-corrected chi connectivity index (χ2v) is 5.26. The van der Waals surface area contributed by atoms with Crippen molar-refractivity contribution in [2.75, 3.05) is 0 Å².